The van der Waals surface area contributed by atoms with Gasteiger partial charge in [0.1, 0.15) is 5.60 Å². The Balaban J connectivity index is 0.00000544. The number of alkyl carbamates (subject to hydrolysis) is 1. The van der Waals surface area contributed by atoms with Crippen molar-refractivity contribution in [3.8, 4) is 0 Å². The molecule has 0 saturated carbocycles. The fourth-order valence-corrected chi connectivity index (χ4v) is 3.15. The molecule has 0 aromatic heterocycles. The van der Waals surface area contributed by atoms with Crippen molar-refractivity contribution in [2.75, 3.05) is 26.8 Å². The smallest absolute Gasteiger partial charge is 0.408 e. The highest BCUT2D eigenvalue weighted by Gasteiger charge is 2.24. The fraction of sp³-hybridized carbons (Fsp3) is 0.667. The first-order valence-corrected chi connectivity index (χ1v) is 11.3. The van der Waals surface area contributed by atoms with Gasteiger partial charge in [-0.15, -0.1) is 24.0 Å². The van der Waals surface area contributed by atoms with Crippen LogP contribution in [-0.2, 0) is 27.4 Å². The Morgan fingerprint density at radius 1 is 1.06 bits per heavy atom. The average molecular weight is 577 g/mol. The number of halogens is 1. The minimum absolute atomic E-state index is 0. The molecule has 1 amide bonds. The Morgan fingerprint density at radius 3 is 2.24 bits per heavy atom. The van der Waals surface area contributed by atoms with E-state index in [0.29, 0.717) is 31.8 Å². The highest BCUT2D eigenvalue weighted by atomic mass is 127. The standard InChI is InChI=1S/C24H40N4O4.HI/c1-23(2,3)32-22(29)28-24(4,5)17-27-21(25-6)26-15-18-7-9-19(10-8-18)16-31-20-11-13-30-14-12-20;/h7-10,20H,11-17H2,1-6H3,(H,28,29)(H2,25,26,27);1H. The maximum atomic E-state index is 12.0. The van der Waals surface area contributed by atoms with E-state index in [4.69, 9.17) is 14.2 Å². The molecule has 0 aliphatic carbocycles. The van der Waals surface area contributed by atoms with Crippen molar-refractivity contribution in [2.45, 2.75) is 77.9 Å². The molecule has 1 heterocycles. The molecule has 0 radical (unpaired) electrons. The van der Waals surface area contributed by atoms with E-state index in [2.05, 4.69) is 45.2 Å². The number of hydrogen-bond acceptors (Lipinski definition) is 5. The number of benzene rings is 1. The molecule has 2 rings (SSSR count). The van der Waals surface area contributed by atoms with E-state index in [-0.39, 0.29) is 24.0 Å². The van der Waals surface area contributed by atoms with E-state index in [0.717, 1.165) is 37.2 Å². The molecular weight excluding hydrogens is 535 g/mol. The molecule has 3 N–H and O–H groups in total. The van der Waals surface area contributed by atoms with E-state index in [1.165, 1.54) is 0 Å². The number of nitrogens with zero attached hydrogens (tertiary/aromatic N) is 1. The number of nitrogens with one attached hydrogen (secondary N) is 3. The van der Waals surface area contributed by atoms with Gasteiger partial charge in [0.2, 0.25) is 0 Å². The molecule has 1 aromatic carbocycles. The van der Waals surface area contributed by atoms with Gasteiger partial charge in [0.25, 0.3) is 0 Å². The third-order valence-corrected chi connectivity index (χ3v) is 4.90. The maximum Gasteiger partial charge on any atom is 0.408 e. The molecule has 33 heavy (non-hydrogen) atoms. The second-order valence-electron chi connectivity index (χ2n) is 9.73. The summed E-state index contributed by atoms with van der Waals surface area (Å²) in [5, 5.41) is 9.44. The minimum atomic E-state index is -0.530. The molecule has 0 unspecified atom stereocenters. The quantitative estimate of drug-likeness (QED) is 0.247. The Kier molecular flexibility index (Phi) is 12.5. The lowest BCUT2D eigenvalue weighted by atomic mass is 10.1. The van der Waals surface area contributed by atoms with E-state index >= 15 is 0 Å². The molecule has 1 aliphatic heterocycles. The second-order valence-corrected chi connectivity index (χ2v) is 9.73. The molecule has 1 aromatic rings. The third kappa shape index (κ3) is 12.4. The first kappa shape index (κ1) is 29.4. The van der Waals surface area contributed by atoms with Crippen LogP contribution in [-0.4, -0.2) is 56.1 Å². The lowest BCUT2D eigenvalue weighted by Gasteiger charge is -2.29. The lowest BCUT2D eigenvalue weighted by Crippen LogP contribution is -2.54. The molecular formula is C24H41IN4O4. The normalized spacial score (nSPS) is 15.4. The van der Waals surface area contributed by atoms with Crippen LogP contribution in [0.5, 0.6) is 0 Å². The van der Waals surface area contributed by atoms with Gasteiger partial charge in [0, 0.05) is 33.4 Å². The first-order valence-electron chi connectivity index (χ1n) is 11.3. The van der Waals surface area contributed by atoms with Gasteiger partial charge in [0.05, 0.1) is 18.2 Å². The minimum Gasteiger partial charge on any atom is -0.444 e. The van der Waals surface area contributed by atoms with Crippen LogP contribution in [0.25, 0.3) is 0 Å². The van der Waals surface area contributed by atoms with Gasteiger partial charge in [0.15, 0.2) is 5.96 Å². The zero-order valence-corrected chi connectivity index (χ0v) is 23.2. The van der Waals surface area contributed by atoms with Crippen LogP contribution in [0.2, 0.25) is 0 Å². The van der Waals surface area contributed by atoms with E-state index in [1.54, 1.807) is 7.05 Å². The van der Waals surface area contributed by atoms with Crippen molar-refractivity contribution in [3.63, 3.8) is 0 Å². The zero-order chi connectivity index (χ0) is 23.6. The number of hydrogen-bond donors (Lipinski definition) is 3. The lowest BCUT2D eigenvalue weighted by molar-refractivity contribution is -0.0390. The highest BCUT2D eigenvalue weighted by Crippen LogP contribution is 2.14. The van der Waals surface area contributed by atoms with Crippen LogP contribution < -0.4 is 16.0 Å². The summed E-state index contributed by atoms with van der Waals surface area (Å²) in [4.78, 5) is 16.3. The molecule has 1 aliphatic rings. The predicted octanol–water partition coefficient (Wildman–Crippen LogP) is 3.97. The van der Waals surface area contributed by atoms with Crippen molar-refractivity contribution in [2.24, 2.45) is 4.99 Å². The SMILES string of the molecule is CN=C(NCc1ccc(COC2CCOCC2)cc1)NCC(C)(C)NC(=O)OC(C)(C)C.I. The summed E-state index contributed by atoms with van der Waals surface area (Å²) in [6.07, 6.45) is 1.80. The summed E-state index contributed by atoms with van der Waals surface area (Å²) in [6.45, 7) is 12.7. The number of carbonyl (C=O) groups excluding carboxylic acids is 1. The molecule has 0 atom stereocenters. The molecule has 188 valence electrons. The molecule has 0 bridgehead atoms. The van der Waals surface area contributed by atoms with Gasteiger partial charge < -0.3 is 30.2 Å². The number of ether oxygens (including phenoxy) is 3. The van der Waals surface area contributed by atoms with Crippen LogP contribution >= 0.6 is 24.0 Å². The van der Waals surface area contributed by atoms with Crippen LogP contribution in [0.15, 0.2) is 29.3 Å². The van der Waals surface area contributed by atoms with Crippen molar-refractivity contribution < 1.29 is 19.0 Å². The highest BCUT2D eigenvalue weighted by molar-refractivity contribution is 14.0. The summed E-state index contributed by atoms with van der Waals surface area (Å²) in [6, 6.07) is 8.38. The monoisotopic (exact) mass is 576 g/mol. The van der Waals surface area contributed by atoms with Crippen molar-refractivity contribution in [1.82, 2.24) is 16.0 Å². The third-order valence-electron chi connectivity index (χ3n) is 4.90. The molecule has 0 spiro atoms. The number of rotatable bonds is 8. The first-order chi connectivity index (χ1) is 15.1. The Bertz CT molecular complexity index is 742. The van der Waals surface area contributed by atoms with E-state index in [9.17, 15) is 4.79 Å². The van der Waals surface area contributed by atoms with E-state index < -0.39 is 17.2 Å². The summed E-state index contributed by atoms with van der Waals surface area (Å²) >= 11 is 0. The summed E-state index contributed by atoms with van der Waals surface area (Å²) in [7, 11) is 1.72. The second kappa shape index (κ2) is 14.0. The summed E-state index contributed by atoms with van der Waals surface area (Å²) < 4.78 is 16.7. The number of carbonyl (C=O) groups is 1. The van der Waals surface area contributed by atoms with Crippen LogP contribution in [0.4, 0.5) is 4.79 Å². The Morgan fingerprint density at radius 2 is 1.67 bits per heavy atom. The van der Waals surface area contributed by atoms with Gasteiger partial charge in [-0.05, 0) is 58.6 Å². The van der Waals surface area contributed by atoms with Gasteiger partial charge >= 0.3 is 6.09 Å². The fourth-order valence-electron chi connectivity index (χ4n) is 3.15. The molecule has 1 saturated heterocycles. The maximum absolute atomic E-state index is 12.0. The van der Waals surface area contributed by atoms with E-state index in [1.807, 2.05) is 34.6 Å². The Hall–Kier alpha value is -1.59. The Labute approximate surface area is 215 Å². The van der Waals surface area contributed by atoms with Crippen molar-refractivity contribution >= 4 is 36.0 Å². The van der Waals surface area contributed by atoms with Crippen LogP contribution in [0.1, 0.15) is 58.6 Å². The van der Waals surface area contributed by atoms with Crippen molar-refractivity contribution in [1.29, 1.82) is 0 Å². The van der Waals surface area contributed by atoms with Crippen LogP contribution in [0, 0.1) is 0 Å². The van der Waals surface area contributed by atoms with Crippen LogP contribution in [0.3, 0.4) is 0 Å². The molecule has 9 heteroatoms. The van der Waals surface area contributed by atoms with Gasteiger partial charge in [-0.25, -0.2) is 4.79 Å². The number of amides is 1. The summed E-state index contributed by atoms with van der Waals surface area (Å²) in [5.41, 5.74) is 1.27. The average Bonchev–Trinajstić information content (AvgIpc) is 2.72. The molecule has 8 nitrogen and oxygen atoms in total. The zero-order valence-electron chi connectivity index (χ0n) is 20.8. The van der Waals surface area contributed by atoms with Gasteiger partial charge in [-0.3, -0.25) is 4.99 Å². The van der Waals surface area contributed by atoms with Crippen molar-refractivity contribution in [3.05, 3.63) is 35.4 Å². The summed E-state index contributed by atoms with van der Waals surface area (Å²) in [5.74, 6) is 0.663. The topological polar surface area (TPSA) is 93.2 Å². The molecule has 1 fully saturated rings. The largest absolute Gasteiger partial charge is 0.444 e. The predicted molar refractivity (Wildman–Crippen MR) is 142 cm³/mol. The van der Waals surface area contributed by atoms with Gasteiger partial charge in [-0.2, -0.15) is 0 Å². The number of aliphatic imine (C=N–C) groups is 1. The number of guanidine groups is 1. The van der Waals surface area contributed by atoms with Gasteiger partial charge in [-0.1, -0.05) is 24.3 Å².